The molecule has 0 aliphatic rings. The van der Waals surface area contributed by atoms with E-state index in [2.05, 4.69) is 0 Å². The molecule has 0 radical (unpaired) electrons. The number of hydrogen-bond donors (Lipinski definition) is 3. The summed E-state index contributed by atoms with van der Waals surface area (Å²) in [5.74, 6) is -2.39. The number of aliphatic carboxylic acids is 2. The fourth-order valence-electron chi connectivity index (χ4n) is 1.87. The molecule has 0 amide bonds. The maximum atomic E-state index is 10.9. The Bertz CT molecular complexity index is 250. The molecule has 0 bridgehead atoms. The smallest absolute Gasteiger partial charge is 0.306 e. The highest BCUT2D eigenvalue weighted by Crippen LogP contribution is 2.17. The lowest BCUT2D eigenvalue weighted by molar-refractivity contribution is -0.143. The largest absolute Gasteiger partial charge is 0.481 e. The van der Waals surface area contributed by atoms with Gasteiger partial charge in [-0.3, -0.25) is 9.59 Å². The number of carbonyl (C=O) groups is 2. The van der Waals surface area contributed by atoms with Crippen molar-refractivity contribution in [3.8, 4) is 0 Å². The van der Waals surface area contributed by atoms with Crippen molar-refractivity contribution in [1.29, 1.82) is 0 Å². The SMILES string of the molecule is CC(O)CCCCCCC(CCC(=O)O)C(=O)O. The Morgan fingerprint density at radius 2 is 1.50 bits per heavy atom. The van der Waals surface area contributed by atoms with Crippen LogP contribution in [-0.4, -0.2) is 33.4 Å². The van der Waals surface area contributed by atoms with Gasteiger partial charge in [-0.2, -0.15) is 0 Å². The topological polar surface area (TPSA) is 94.8 Å². The molecule has 0 spiro atoms. The van der Waals surface area contributed by atoms with Gasteiger partial charge in [0.25, 0.3) is 0 Å². The van der Waals surface area contributed by atoms with Gasteiger partial charge in [0.05, 0.1) is 12.0 Å². The lowest BCUT2D eigenvalue weighted by Crippen LogP contribution is -2.15. The van der Waals surface area contributed by atoms with Crippen LogP contribution in [0.15, 0.2) is 0 Å². The van der Waals surface area contributed by atoms with Crippen LogP contribution >= 0.6 is 0 Å². The lowest BCUT2D eigenvalue weighted by Gasteiger charge is -2.10. The van der Waals surface area contributed by atoms with Gasteiger partial charge in [0.1, 0.15) is 0 Å². The molecule has 0 aromatic heterocycles. The minimum Gasteiger partial charge on any atom is -0.481 e. The number of unbranched alkanes of at least 4 members (excludes halogenated alkanes) is 3. The summed E-state index contributed by atoms with van der Waals surface area (Å²) >= 11 is 0. The highest BCUT2D eigenvalue weighted by atomic mass is 16.4. The summed E-state index contributed by atoms with van der Waals surface area (Å²) in [6, 6.07) is 0. The van der Waals surface area contributed by atoms with Crippen LogP contribution in [0.1, 0.15) is 58.3 Å². The maximum Gasteiger partial charge on any atom is 0.306 e. The van der Waals surface area contributed by atoms with Crippen molar-refractivity contribution in [2.75, 3.05) is 0 Å². The molecule has 0 aromatic carbocycles. The van der Waals surface area contributed by atoms with Gasteiger partial charge in [-0.15, -0.1) is 0 Å². The molecule has 0 rings (SSSR count). The van der Waals surface area contributed by atoms with Crippen LogP contribution in [0, 0.1) is 5.92 Å². The Hall–Kier alpha value is -1.10. The van der Waals surface area contributed by atoms with E-state index in [9.17, 15) is 9.59 Å². The van der Waals surface area contributed by atoms with Crippen LogP contribution < -0.4 is 0 Å². The van der Waals surface area contributed by atoms with Gasteiger partial charge in [-0.1, -0.05) is 25.7 Å². The molecule has 18 heavy (non-hydrogen) atoms. The maximum absolute atomic E-state index is 10.9. The third-order valence-corrected chi connectivity index (χ3v) is 2.98. The summed E-state index contributed by atoms with van der Waals surface area (Å²) in [5.41, 5.74) is 0. The molecule has 0 aromatic rings. The van der Waals surface area contributed by atoms with E-state index in [0.717, 1.165) is 32.1 Å². The molecule has 0 fully saturated rings. The van der Waals surface area contributed by atoms with E-state index in [4.69, 9.17) is 15.3 Å². The zero-order valence-electron chi connectivity index (χ0n) is 11.0. The normalized spacial score (nSPS) is 14.1. The molecule has 106 valence electrons. The van der Waals surface area contributed by atoms with Crippen LogP contribution in [-0.2, 0) is 9.59 Å². The summed E-state index contributed by atoms with van der Waals surface area (Å²) in [6.45, 7) is 1.76. The van der Waals surface area contributed by atoms with Gasteiger partial charge in [0, 0.05) is 6.42 Å². The Morgan fingerprint density at radius 1 is 0.944 bits per heavy atom. The van der Waals surface area contributed by atoms with E-state index >= 15 is 0 Å². The van der Waals surface area contributed by atoms with E-state index in [-0.39, 0.29) is 18.9 Å². The van der Waals surface area contributed by atoms with Gasteiger partial charge >= 0.3 is 11.9 Å². The number of aliphatic hydroxyl groups is 1. The molecule has 0 aliphatic carbocycles. The zero-order chi connectivity index (χ0) is 14.0. The van der Waals surface area contributed by atoms with Gasteiger partial charge in [0.2, 0.25) is 0 Å². The minimum atomic E-state index is -0.946. The molecule has 0 heterocycles. The van der Waals surface area contributed by atoms with Crippen molar-refractivity contribution in [3.05, 3.63) is 0 Å². The van der Waals surface area contributed by atoms with E-state index in [1.807, 2.05) is 0 Å². The van der Waals surface area contributed by atoms with E-state index in [1.54, 1.807) is 6.92 Å². The number of aliphatic hydroxyl groups excluding tert-OH is 1. The predicted molar refractivity (Wildman–Crippen MR) is 67.4 cm³/mol. The van der Waals surface area contributed by atoms with Gasteiger partial charge in [0.15, 0.2) is 0 Å². The van der Waals surface area contributed by atoms with Crippen molar-refractivity contribution in [2.24, 2.45) is 5.92 Å². The average Bonchev–Trinajstić information content (AvgIpc) is 2.25. The Balaban J connectivity index is 3.64. The Kier molecular flexibility index (Phi) is 9.28. The Morgan fingerprint density at radius 3 is 1.94 bits per heavy atom. The first-order valence-corrected chi connectivity index (χ1v) is 6.56. The van der Waals surface area contributed by atoms with Crippen LogP contribution in [0.25, 0.3) is 0 Å². The van der Waals surface area contributed by atoms with Crippen molar-refractivity contribution in [1.82, 2.24) is 0 Å². The van der Waals surface area contributed by atoms with Crippen LogP contribution in [0.5, 0.6) is 0 Å². The van der Waals surface area contributed by atoms with Crippen molar-refractivity contribution < 1.29 is 24.9 Å². The summed E-state index contributed by atoms with van der Waals surface area (Å²) in [7, 11) is 0. The molecule has 5 heteroatoms. The highest BCUT2D eigenvalue weighted by molar-refractivity contribution is 5.72. The molecular weight excluding hydrogens is 236 g/mol. The second-order valence-electron chi connectivity index (χ2n) is 4.81. The first kappa shape index (κ1) is 16.9. The molecule has 2 unspecified atom stereocenters. The standard InChI is InChI=1S/C13H24O5/c1-10(14)6-4-2-3-5-7-11(13(17)18)8-9-12(15)16/h10-11,14H,2-9H2,1H3,(H,15,16)(H,17,18). The molecule has 0 saturated carbocycles. The zero-order valence-corrected chi connectivity index (χ0v) is 11.0. The number of hydrogen-bond acceptors (Lipinski definition) is 3. The third-order valence-electron chi connectivity index (χ3n) is 2.98. The van der Waals surface area contributed by atoms with Crippen molar-refractivity contribution >= 4 is 11.9 Å². The first-order chi connectivity index (χ1) is 8.43. The minimum absolute atomic E-state index is 0.0843. The second kappa shape index (κ2) is 9.88. The summed E-state index contributed by atoms with van der Waals surface area (Å²) in [4.78, 5) is 21.3. The van der Waals surface area contributed by atoms with Crippen LogP contribution in [0.2, 0.25) is 0 Å². The van der Waals surface area contributed by atoms with Crippen LogP contribution in [0.4, 0.5) is 0 Å². The lowest BCUT2D eigenvalue weighted by atomic mass is 9.96. The van der Waals surface area contributed by atoms with Gasteiger partial charge in [-0.25, -0.2) is 0 Å². The average molecular weight is 260 g/mol. The quantitative estimate of drug-likeness (QED) is 0.495. The number of carboxylic acids is 2. The fourth-order valence-corrected chi connectivity index (χ4v) is 1.87. The van der Waals surface area contributed by atoms with E-state index < -0.39 is 17.9 Å². The van der Waals surface area contributed by atoms with Gasteiger partial charge in [-0.05, 0) is 26.2 Å². The van der Waals surface area contributed by atoms with Crippen molar-refractivity contribution in [2.45, 2.75) is 64.4 Å². The van der Waals surface area contributed by atoms with Crippen molar-refractivity contribution in [3.63, 3.8) is 0 Å². The molecular formula is C13H24O5. The monoisotopic (exact) mass is 260 g/mol. The molecule has 2 atom stereocenters. The summed E-state index contributed by atoms with van der Waals surface area (Å²) in [5, 5.41) is 26.5. The molecule has 0 aliphatic heterocycles. The van der Waals surface area contributed by atoms with Crippen LogP contribution in [0.3, 0.4) is 0 Å². The summed E-state index contributed by atoms with van der Waals surface area (Å²) in [6.07, 6.45) is 4.84. The predicted octanol–water partition coefficient (Wildman–Crippen LogP) is 2.27. The fraction of sp³-hybridized carbons (Fsp3) is 0.846. The molecule has 3 N–H and O–H groups in total. The van der Waals surface area contributed by atoms with E-state index in [1.165, 1.54) is 0 Å². The number of carboxylic acid groups (broad SMARTS) is 2. The molecule has 5 nitrogen and oxygen atoms in total. The third kappa shape index (κ3) is 10.1. The Labute approximate surface area is 108 Å². The first-order valence-electron chi connectivity index (χ1n) is 6.56. The number of rotatable bonds is 11. The summed E-state index contributed by atoms with van der Waals surface area (Å²) < 4.78 is 0. The van der Waals surface area contributed by atoms with Gasteiger partial charge < -0.3 is 15.3 Å². The molecule has 0 saturated heterocycles. The highest BCUT2D eigenvalue weighted by Gasteiger charge is 2.17. The van der Waals surface area contributed by atoms with E-state index in [0.29, 0.717) is 6.42 Å². The second-order valence-corrected chi connectivity index (χ2v) is 4.81.